The van der Waals surface area contributed by atoms with Crippen molar-refractivity contribution in [3.8, 4) is 5.75 Å². The molecule has 8 nitrogen and oxygen atoms in total. The van der Waals surface area contributed by atoms with Crippen molar-refractivity contribution >= 4 is 17.6 Å². The lowest BCUT2D eigenvalue weighted by Gasteiger charge is -2.07. The van der Waals surface area contributed by atoms with Gasteiger partial charge in [-0.25, -0.2) is 9.59 Å². The van der Waals surface area contributed by atoms with Crippen molar-refractivity contribution in [3.63, 3.8) is 0 Å². The molecule has 0 aromatic heterocycles. The maximum absolute atomic E-state index is 11.3. The standard InChI is InChI=1S/C12H13NO7/c1-3-19-11(14)7-20-10-5-4-8(12(15)18-2)6-9(10)13(16)17/h4-6H,3,7H2,1-2H3. The molecule has 1 rings (SSSR count). The summed E-state index contributed by atoms with van der Waals surface area (Å²) >= 11 is 0. The maximum atomic E-state index is 11.3. The van der Waals surface area contributed by atoms with Gasteiger partial charge in [-0.15, -0.1) is 0 Å². The fraction of sp³-hybridized carbons (Fsp3) is 0.333. The molecule has 0 bridgehead atoms. The molecule has 0 fully saturated rings. The average molecular weight is 283 g/mol. The summed E-state index contributed by atoms with van der Waals surface area (Å²) in [6.45, 7) is 1.36. The maximum Gasteiger partial charge on any atom is 0.344 e. The zero-order chi connectivity index (χ0) is 15.1. The predicted molar refractivity (Wildman–Crippen MR) is 66.6 cm³/mol. The summed E-state index contributed by atoms with van der Waals surface area (Å²) in [6, 6.07) is 3.55. The SMILES string of the molecule is CCOC(=O)COc1ccc(C(=O)OC)cc1[N+](=O)[O-]. The molecule has 0 aliphatic heterocycles. The van der Waals surface area contributed by atoms with Crippen molar-refractivity contribution in [2.45, 2.75) is 6.92 Å². The quantitative estimate of drug-likeness (QED) is 0.440. The Bertz CT molecular complexity index is 527. The zero-order valence-electron chi connectivity index (χ0n) is 11.0. The molecule has 0 unspecified atom stereocenters. The highest BCUT2D eigenvalue weighted by Gasteiger charge is 2.20. The summed E-state index contributed by atoms with van der Waals surface area (Å²) in [4.78, 5) is 32.6. The van der Waals surface area contributed by atoms with Crippen LogP contribution in [0.1, 0.15) is 17.3 Å². The van der Waals surface area contributed by atoms with Gasteiger partial charge in [0.15, 0.2) is 12.4 Å². The Labute approximate surface area is 114 Å². The zero-order valence-corrected chi connectivity index (χ0v) is 11.0. The third kappa shape index (κ3) is 3.94. The van der Waals surface area contributed by atoms with Gasteiger partial charge in [0, 0.05) is 6.07 Å². The summed E-state index contributed by atoms with van der Waals surface area (Å²) in [5.74, 6) is -1.47. The molecular weight excluding hydrogens is 270 g/mol. The highest BCUT2D eigenvalue weighted by Crippen LogP contribution is 2.28. The second kappa shape index (κ2) is 7.07. The topological polar surface area (TPSA) is 105 Å². The molecular formula is C12H13NO7. The second-order valence-electron chi connectivity index (χ2n) is 3.52. The number of hydrogen-bond acceptors (Lipinski definition) is 7. The van der Waals surface area contributed by atoms with Gasteiger partial charge in [-0.1, -0.05) is 0 Å². The summed E-state index contributed by atoms with van der Waals surface area (Å²) in [5.41, 5.74) is -0.417. The molecule has 0 radical (unpaired) electrons. The van der Waals surface area contributed by atoms with Gasteiger partial charge >= 0.3 is 17.6 Å². The molecule has 0 atom stereocenters. The minimum absolute atomic E-state index is 0.0164. The van der Waals surface area contributed by atoms with E-state index in [9.17, 15) is 19.7 Å². The van der Waals surface area contributed by atoms with Crippen LogP contribution in [0.2, 0.25) is 0 Å². The number of nitrogens with zero attached hydrogens (tertiary/aromatic N) is 1. The summed E-state index contributed by atoms with van der Waals surface area (Å²) < 4.78 is 14.1. The van der Waals surface area contributed by atoms with Crippen molar-refractivity contribution in [1.82, 2.24) is 0 Å². The van der Waals surface area contributed by atoms with Gasteiger partial charge in [0.2, 0.25) is 0 Å². The monoisotopic (exact) mass is 283 g/mol. The van der Waals surface area contributed by atoms with Gasteiger partial charge < -0.3 is 14.2 Å². The lowest BCUT2D eigenvalue weighted by Crippen LogP contribution is -2.15. The first-order chi connectivity index (χ1) is 9.49. The summed E-state index contributed by atoms with van der Waals surface area (Å²) in [6.07, 6.45) is 0. The molecule has 0 aliphatic carbocycles. The van der Waals surface area contributed by atoms with Crippen LogP contribution in [0.3, 0.4) is 0 Å². The van der Waals surface area contributed by atoms with Crippen molar-refractivity contribution < 1.29 is 28.7 Å². The van der Waals surface area contributed by atoms with Crippen LogP contribution in [0.4, 0.5) is 5.69 Å². The lowest BCUT2D eigenvalue weighted by molar-refractivity contribution is -0.385. The minimum atomic E-state index is -0.715. The van der Waals surface area contributed by atoms with Crippen LogP contribution in [-0.2, 0) is 14.3 Å². The van der Waals surface area contributed by atoms with E-state index in [0.717, 1.165) is 6.07 Å². The van der Waals surface area contributed by atoms with E-state index in [2.05, 4.69) is 9.47 Å². The largest absolute Gasteiger partial charge is 0.475 e. The Morgan fingerprint density at radius 3 is 2.60 bits per heavy atom. The van der Waals surface area contributed by atoms with Crippen molar-refractivity contribution in [1.29, 1.82) is 0 Å². The van der Waals surface area contributed by atoms with Gasteiger partial charge in [-0.05, 0) is 19.1 Å². The fourth-order valence-electron chi connectivity index (χ4n) is 1.37. The van der Waals surface area contributed by atoms with E-state index in [1.165, 1.54) is 19.2 Å². The minimum Gasteiger partial charge on any atom is -0.475 e. The van der Waals surface area contributed by atoms with Crippen molar-refractivity contribution in [3.05, 3.63) is 33.9 Å². The highest BCUT2D eigenvalue weighted by atomic mass is 16.6. The smallest absolute Gasteiger partial charge is 0.344 e. The lowest BCUT2D eigenvalue weighted by atomic mass is 10.2. The third-order valence-electron chi connectivity index (χ3n) is 2.23. The Kier molecular flexibility index (Phi) is 5.45. The number of hydrogen-bond donors (Lipinski definition) is 0. The molecule has 0 amide bonds. The molecule has 0 heterocycles. The summed E-state index contributed by atoms with van der Waals surface area (Å²) in [5, 5.41) is 10.9. The van der Waals surface area contributed by atoms with Crippen LogP contribution in [0.25, 0.3) is 0 Å². The number of benzene rings is 1. The molecule has 0 saturated heterocycles. The van der Waals surface area contributed by atoms with E-state index in [1.54, 1.807) is 6.92 Å². The molecule has 0 spiro atoms. The molecule has 0 saturated carbocycles. The van der Waals surface area contributed by atoms with Gasteiger partial charge in [-0.2, -0.15) is 0 Å². The Hall–Kier alpha value is -2.64. The van der Waals surface area contributed by atoms with E-state index >= 15 is 0 Å². The normalized spacial score (nSPS) is 9.70. The van der Waals surface area contributed by atoms with Crippen molar-refractivity contribution in [2.75, 3.05) is 20.3 Å². The van der Waals surface area contributed by atoms with E-state index in [1.807, 2.05) is 0 Å². The average Bonchev–Trinajstić information content (AvgIpc) is 2.44. The molecule has 0 aliphatic rings. The van der Waals surface area contributed by atoms with Gasteiger partial charge in [0.1, 0.15) is 0 Å². The molecule has 108 valence electrons. The third-order valence-corrected chi connectivity index (χ3v) is 2.23. The van der Waals surface area contributed by atoms with Gasteiger partial charge in [-0.3, -0.25) is 10.1 Å². The predicted octanol–water partition coefficient (Wildman–Crippen LogP) is 1.32. The number of carbonyl (C=O) groups is 2. The van der Waals surface area contributed by atoms with E-state index in [4.69, 9.17) is 4.74 Å². The van der Waals surface area contributed by atoms with Crippen LogP contribution >= 0.6 is 0 Å². The first-order valence-electron chi connectivity index (χ1n) is 5.64. The van der Waals surface area contributed by atoms with Crippen LogP contribution in [-0.4, -0.2) is 37.2 Å². The van der Waals surface area contributed by atoms with Crippen LogP contribution in [0.15, 0.2) is 18.2 Å². The Morgan fingerprint density at radius 1 is 1.35 bits per heavy atom. The number of nitro groups is 1. The number of methoxy groups -OCH3 is 1. The van der Waals surface area contributed by atoms with E-state index in [-0.39, 0.29) is 17.9 Å². The molecule has 1 aromatic carbocycles. The van der Waals surface area contributed by atoms with Gasteiger partial charge in [0.25, 0.3) is 0 Å². The van der Waals surface area contributed by atoms with Crippen LogP contribution < -0.4 is 4.74 Å². The number of esters is 2. The number of nitro benzene ring substituents is 1. The molecule has 1 aromatic rings. The number of ether oxygens (including phenoxy) is 3. The molecule has 0 N–H and O–H groups in total. The molecule has 20 heavy (non-hydrogen) atoms. The molecule has 8 heteroatoms. The first-order valence-corrected chi connectivity index (χ1v) is 5.64. The van der Waals surface area contributed by atoms with Crippen LogP contribution in [0, 0.1) is 10.1 Å². The van der Waals surface area contributed by atoms with Gasteiger partial charge in [0.05, 0.1) is 24.2 Å². The number of rotatable bonds is 6. The van der Waals surface area contributed by atoms with Crippen LogP contribution in [0.5, 0.6) is 5.75 Å². The number of carbonyl (C=O) groups excluding carboxylic acids is 2. The summed E-state index contributed by atoms with van der Waals surface area (Å²) in [7, 11) is 1.17. The fourth-order valence-corrected chi connectivity index (χ4v) is 1.37. The Balaban J connectivity index is 2.93. The highest BCUT2D eigenvalue weighted by molar-refractivity contribution is 5.90. The first kappa shape index (κ1) is 15.4. The second-order valence-corrected chi connectivity index (χ2v) is 3.52. The van der Waals surface area contributed by atoms with E-state index < -0.39 is 29.2 Å². The van der Waals surface area contributed by atoms with E-state index in [0.29, 0.717) is 0 Å². The Morgan fingerprint density at radius 2 is 2.05 bits per heavy atom. The van der Waals surface area contributed by atoms with Crippen molar-refractivity contribution in [2.24, 2.45) is 0 Å².